The van der Waals surface area contributed by atoms with Crippen LogP contribution in [0.5, 0.6) is 5.75 Å². The highest BCUT2D eigenvalue weighted by Gasteiger charge is 2.26. The molecule has 0 saturated carbocycles. The number of carbonyl (C=O) groups excluding carboxylic acids is 1. The van der Waals surface area contributed by atoms with E-state index >= 15 is 0 Å². The van der Waals surface area contributed by atoms with Gasteiger partial charge in [0, 0.05) is 50.7 Å². The molecule has 1 aliphatic heterocycles. The van der Waals surface area contributed by atoms with E-state index in [2.05, 4.69) is 30.5 Å². The predicted molar refractivity (Wildman–Crippen MR) is 102 cm³/mol. The Kier molecular flexibility index (Phi) is 7.47. The molecule has 1 saturated heterocycles. The van der Waals surface area contributed by atoms with Gasteiger partial charge in [-0.2, -0.15) is 0 Å². The van der Waals surface area contributed by atoms with Crippen molar-refractivity contribution in [1.29, 1.82) is 0 Å². The Morgan fingerprint density at radius 2 is 2.12 bits per heavy atom. The molecule has 0 radical (unpaired) electrons. The monoisotopic (exact) mass is 345 g/mol. The van der Waals surface area contributed by atoms with E-state index in [1.54, 1.807) is 6.08 Å². The molecule has 0 aliphatic carbocycles. The number of benzene rings is 1. The molecule has 1 atom stereocenters. The lowest BCUT2D eigenvalue weighted by atomic mass is 10.1. The zero-order valence-electron chi connectivity index (χ0n) is 15.8. The Labute approximate surface area is 151 Å². The molecule has 0 N–H and O–H groups in total. The van der Waals surface area contributed by atoms with E-state index in [1.807, 2.05) is 36.1 Å². The summed E-state index contributed by atoms with van der Waals surface area (Å²) in [6.07, 6.45) is 2.32. The topological polar surface area (TPSA) is 36.0 Å². The van der Waals surface area contributed by atoms with Crippen LogP contribution in [0.2, 0.25) is 0 Å². The lowest BCUT2D eigenvalue weighted by Gasteiger charge is -2.38. The normalized spacial score (nSPS) is 18.8. The SMILES string of the molecule is C=CCN(Cc1ccccc1OCC)C(=O)C[C@H]1CN(C)CCN1C. The predicted octanol–water partition coefficient (Wildman–Crippen LogP) is 2.24. The third-order valence-corrected chi connectivity index (χ3v) is 4.73. The fraction of sp³-hybridized carbons (Fsp3) is 0.550. The summed E-state index contributed by atoms with van der Waals surface area (Å²) in [5, 5.41) is 0. The van der Waals surface area contributed by atoms with Gasteiger partial charge in [0.15, 0.2) is 0 Å². The van der Waals surface area contributed by atoms with Crippen LogP contribution in [-0.2, 0) is 11.3 Å². The van der Waals surface area contributed by atoms with Crippen LogP contribution in [0, 0.1) is 0 Å². The molecule has 1 aliphatic rings. The molecule has 0 unspecified atom stereocenters. The van der Waals surface area contributed by atoms with Crippen LogP contribution in [0.15, 0.2) is 36.9 Å². The van der Waals surface area contributed by atoms with Crippen LogP contribution in [0.25, 0.3) is 0 Å². The molecule has 0 aromatic heterocycles. The smallest absolute Gasteiger partial charge is 0.224 e. The quantitative estimate of drug-likeness (QED) is 0.677. The Morgan fingerprint density at radius 1 is 1.36 bits per heavy atom. The third-order valence-electron chi connectivity index (χ3n) is 4.73. The van der Waals surface area contributed by atoms with Crippen molar-refractivity contribution in [3.63, 3.8) is 0 Å². The van der Waals surface area contributed by atoms with Crippen molar-refractivity contribution in [1.82, 2.24) is 14.7 Å². The van der Waals surface area contributed by atoms with Gasteiger partial charge in [-0.25, -0.2) is 0 Å². The number of para-hydroxylation sites is 1. The molecular formula is C20H31N3O2. The van der Waals surface area contributed by atoms with Gasteiger partial charge in [0.1, 0.15) is 5.75 Å². The summed E-state index contributed by atoms with van der Waals surface area (Å²) in [4.78, 5) is 19.4. The highest BCUT2D eigenvalue weighted by atomic mass is 16.5. The van der Waals surface area contributed by atoms with Gasteiger partial charge in [-0.05, 0) is 27.1 Å². The molecule has 1 heterocycles. The maximum absolute atomic E-state index is 12.9. The van der Waals surface area contributed by atoms with Crippen molar-refractivity contribution in [2.75, 3.05) is 46.9 Å². The first-order chi connectivity index (χ1) is 12.0. The zero-order chi connectivity index (χ0) is 18.2. The number of rotatable bonds is 8. The lowest BCUT2D eigenvalue weighted by molar-refractivity contribution is -0.133. The van der Waals surface area contributed by atoms with Crippen molar-refractivity contribution in [3.05, 3.63) is 42.5 Å². The van der Waals surface area contributed by atoms with Crippen LogP contribution in [-0.4, -0.2) is 73.5 Å². The van der Waals surface area contributed by atoms with Gasteiger partial charge in [-0.3, -0.25) is 4.79 Å². The number of amides is 1. The molecule has 138 valence electrons. The number of hydrogen-bond acceptors (Lipinski definition) is 4. The van der Waals surface area contributed by atoms with Crippen molar-refractivity contribution >= 4 is 5.91 Å². The molecule has 1 fully saturated rings. The van der Waals surface area contributed by atoms with E-state index in [-0.39, 0.29) is 11.9 Å². The van der Waals surface area contributed by atoms with Gasteiger partial charge in [-0.15, -0.1) is 6.58 Å². The first-order valence-corrected chi connectivity index (χ1v) is 9.03. The van der Waals surface area contributed by atoms with E-state index in [1.165, 1.54) is 0 Å². The van der Waals surface area contributed by atoms with Crippen LogP contribution >= 0.6 is 0 Å². The first kappa shape index (κ1) is 19.5. The van der Waals surface area contributed by atoms with Crippen molar-refractivity contribution in [3.8, 4) is 5.75 Å². The number of likely N-dealkylation sites (N-methyl/N-ethyl adjacent to an activating group) is 2. The Bertz CT molecular complexity index is 576. The van der Waals surface area contributed by atoms with Crippen molar-refractivity contribution in [2.45, 2.75) is 25.9 Å². The number of hydrogen-bond donors (Lipinski definition) is 0. The summed E-state index contributed by atoms with van der Waals surface area (Å²) in [5.74, 6) is 1.01. The Morgan fingerprint density at radius 3 is 2.84 bits per heavy atom. The summed E-state index contributed by atoms with van der Waals surface area (Å²) in [6.45, 7) is 10.5. The van der Waals surface area contributed by atoms with Crippen molar-refractivity contribution in [2.24, 2.45) is 0 Å². The molecule has 1 aromatic carbocycles. The van der Waals surface area contributed by atoms with Gasteiger partial charge >= 0.3 is 0 Å². The molecule has 25 heavy (non-hydrogen) atoms. The molecule has 1 aromatic rings. The molecule has 5 heteroatoms. The number of carbonyl (C=O) groups is 1. The van der Waals surface area contributed by atoms with Crippen LogP contribution in [0.4, 0.5) is 0 Å². The number of ether oxygens (including phenoxy) is 1. The fourth-order valence-corrected chi connectivity index (χ4v) is 3.20. The standard InChI is InChI=1S/C20H31N3O2/c1-5-11-23(15-17-9-7-8-10-19(17)25-6-2)20(24)14-18-16-21(3)12-13-22(18)4/h5,7-10,18H,1,6,11-16H2,2-4H3/t18-/m0/s1. The highest BCUT2D eigenvalue weighted by molar-refractivity contribution is 5.77. The average Bonchev–Trinajstić information content (AvgIpc) is 2.59. The maximum atomic E-state index is 12.9. The molecule has 0 spiro atoms. The van der Waals surface area contributed by atoms with Crippen LogP contribution in [0.1, 0.15) is 18.9 Å². The van der Waals surface area contributed by atoms with E-state index in [0.717, 1.165) is 30.9 Å². The van der Waals surface area contributed by atoms with Gasteiger partial charge in [0.25, 0.3) is 0 Å². The minimum absolute atomic E-state index is 0.165. The second-order valence-electron chi connectivity index (χ2n) is 6.70. The molecular weight excluding hydrogens is 314 g/mol. The molecule has 0 bridgehead atoms. The summed E-state index contributed by atoms with van der Waals surface area (Å²) in [5.41, 5.74) is 1.04. The Hall–Kier alpha value is -1.85. The zero-order valence-corrected chi connectivity index (χ0v) is 15.8. The van der Waals surface area contributed by atoms with Crippen LogP contribution in [0.3, 0.4) is 0 Å². The largest absolute Gasteiger partial charge is 0.494 e. The Balaban J connectivity index is 2.06. The summed E-state index contributed by atoms with van der Waals surface area (Å²) < 4.78 is 5.70. The van der Waals surface area contributed by atoms with Gasteiger partial charge in [0.2, 0.25) is 5.91 Å². The summed E-state index contributed by atoms with van der Waals surface area (Å²) in [6, 6.07) is 8.19. The highest BCUT2D eigenvalue weighted by Crippen LogP contribution is 2.21. The van der Waals surface area contributed by atoms with Crippen molar-refractivity contribution < 1.29 is 9.53 Å². The molecule has 2 rings (SSSR count). The average molecular weight is 345 g/mol. The molecule has 1 amide bonds. The van der Waals surface area contributed by atoms with Gasteiger partial charge in [-0.1, -0.05) is 24.3 Å². The van der Waals surface area contributed by atoms with Crippen LogP contribution < -0.4 is 4.74 Å². The van der Waals surface area contributed by atoms with E-state index in [4.69, 9.17) is 4.74 Å². The second kappa shape index (κ2) is 9.59. The minimum Gasteiger partial charge on any atom is -0.494 e. The van der Waals surface area contributed by atoms with E-state index in [9.17, 15) is 4.79 Å². The van der Waals surface area contributed by atoms with Gasteiger partial charge < -0.3 is 19.4 Å². The second-order valence-corrected chi connectivity index (χ2v) is 6.70. The third kappa shape index (κ3) is 5.58. The molecule has 5 nitrogen and oxygen atoms in total. The number of piperazine rings is 1. The minimum atomic E-state index is 0.165. The first-order valence-electron chi connectivity index (χ1n) is 9.03. The lowest BCUT2D eigenvalue weighted by Crippen LogP contribution is -2.51. The number of nitrogens with zero attached hydrogens (tertiary/aromatic N) is 3. The van der Waals surface area contributed by atoms with Gasteiger partial charge in [0.05, 0.1) is 6.61 Å². The fourth-order valence-electron chi connectivity index (χ4n) is 3.20. The van der Waals surface area contributed by atoms with E-state index in [0.29, 0.717) is 26.1 Å². The van der Waals surface area contributed by atoms with E-state index < -0.39 is 0 Å². The maximum Gasteiger partial charge on any atom is 0.224 e. The summed E-state index contributed by atoms with van der Waals surface area (Å²) >= 11 is 0. The summed E-state index contributed by atoms with van der Waals surface area (Å²) in [7, 11) is 4.22.